The maximum atomic E-state index is 5.30. The van der Waals surface area contributed by atoms with Crippen molar-refractivity contribution in [2.24, 2.45) is 0 Å². The zero-order valence-electron chi connectivity index (χ0n) is 11.9. The van der Waals surface area contributed by atoms with Gasteiger partial charge in [-0.15, -0.1) is 0 Å². The molecule has 1 atom stereocenters. The van der Waals surface area contributed by atoms with E-state index in [1.165, 1.54) is 5.56 Å². The third-order valence-electron chi connectivity index (χ3n) is 2.99. The molecule has 1 aromatic heterocycles. The summed E-state index contributed by atoms with van der Waals surface area (Å²) >= 11 is 3.46. The SMILES string of the molecule is CCCNC(C)Cc1nc(Cc2cccc(Br)c2)no1. The lowest BCUT2D eigenvalue weighted by molar-refractivity contribution is 0.358. The molecule has 0 saturated heterocycles. The first-order valence-corrected chi connectivity index (χ1v) is 7.76. The Labute approximate surface area is 128 Å². The molecule has 108 valence electrons. The van der Waals surface area contributed by atoms with Crippen molar-refractivity contribution >= 4 is 15.9 Å². The molecule has 1 heterocycles. The number of hydrogen-bond acceptors (Lipinski definition) is 4. The van der Waals surface area contributed by atoms with Crippen molar-refractivity contribution < 1.29 is 4.52 Å². The van der Waals surface area contributed by atoms with Crippen molar-refractivity contribution in [2.75, 3.05) is 6.54 Å². The number of nitrogens with one attached hydrogen (secondary N) is 1. The molecule has 0 radical (unpaired) electrons. The average molecular weight is 338 g/mol. The molecule has 5 heteroatoms. The molecule has 0 aliphatic carbocycles. The van der Waals surface area contributed by atoms with Crippen LogP contribution in [0.5, 0.6) is 0 Å². The van der Waals surface area contributed by atoms with Gasteiger partial charge < -0.3 is 9.84 Å². The van der Waals surface area contributed by atoms with Crippen LogP contribution >= 0.6 is 15.9 Å². The Morgan fingerprint density at radius 2 is 2.25 bits per heavy atom. The molecule has 20 heavy (non-hydrogen) atoms. The molecule has 2 rings (SSSR count). The summed E-state index contributed by atoms with van der Waals surface area (Å²) in [5.41, 5.74) is 1.17. The van der Waals surface area contributed by atoms with E-state index in [0.717, 1.165) is 29.7 Å². The van der Waals surface area contributed by atoms with Crippen LogP contribution < -0.4 is 5.32 Å². The lowest BCUT2D eigenvalue weighted by Gasteiger charge is -2.09. The highest BCUT2D eigenvalue weighted by atomic mass is 79.9. The highest BCUT2D eigenvalue weighted by Gasteiger charge is 2.10. The fraction of sp³-hybridized carbons (Fsp3) is 0.467. The minimum absolute atomic E-state index is 0.356. The Hall–Kier alpha value is -1.20. The number of nitrogens with zero attached hydrogens (tertiary/aromatic N) is 2. The Kier molecular flexibility index (Phi) is 5.73. The van der Waals surface area contributed by atoms with E-state index in [1.54, 1.807) is 0 Å². The molecule has 0 amide bonds. The molecule has 0 saturated carbocycles. The third-order valence-corrected chi connectivity index (χ3v) is 3.48. The summed E-state index contributed by atoms with van der Waals surface area (Å²) in [6.45, 7) is 5.30. The largest absolute Gasteiger partial charge is 0.339 e. The quantitative estimate of drug-likeness (QED) is 0.841. The van der Waals surface area contributed by atoms with Gasteiger partial charge in [-0.3, -0.25) is 0 Å². The van der Waals surface area contributed by atoms with Gasteiger partial charge in [-0.25, -0.2) is 0 Å². The topological polar surface area (TPSA) is 51.0 Å². The first-order valence-electron chi connectivity index (χ1n) is 6.96. The van der Waals surface area contributed by atoms with Gasteiger partial charge in [0.15, 0.2) is 5.82 Å². The highest BCUT2D eigenvalue weighted by molar-refractivity contribution is 9.10. The summed E-state index contributed by atoms with van der Waals surface area (Å²) in [6, 6.07) is 8.51. The molecule has 2 aromatic rings. The van der Waals surface area contributed by atoms with E-state index >= 15 is 0 Å². The number of aromatic nitrogens is 2. The van der Waals surface area contributed by atoms with Crippen LogP contribution in [0.3, 0.4) is 0 Å². The van der Waals surface area contributed by atoms with Gasteiger partial charge in [-0.05, 0) is 37.6 Å². The average Bonchev–Trinajstić information content (AvgIpc) is 2.83. The maximum absolute atomic E-state index is 5.30. The number of halogens is 1. The molecule has 1 aromatic carbocycles. The fourth-order valence-electron chi connectivity index (χ4n) is 2.00. The summed E-state index contributed by atoms with van der Waals surface area (Å²) in [5.74, 6) is 1.44. The van der Waals surface area contributed by atoms with Crippen molar-refractivity contribution in [1.29, 1.82) is 0 Å². The van der Waals surface area contributed by atoms with Crippen LogP contribution in [-0.4, -0.2) is 22.7 Å². The number of hydrogen-bond donors (Lipinski definition) is 1. The summed E-state index contributed by atoms with van der Waals surface area (Å²) < 4.78 is 6.37. The molecule has 1 unspecified atom stereocenters. The van der Waals surface area contributed by atoms with Crippen LogP contribution in [0, 0.1) is 0 Å². The van der Waals surface area contributed by atoms with Crippen molar-refractivity contribution in [3.8, 4) is 0 Å². The lowest BCUT2D eigenvalue weighted by atomic mass is 10.1. The van der Waals surface area contributed by atoms with Gasteiger partial charge >= 0.3 is 0 Å². The molecular formula is C15H20BrN3O. The van der Waals surface area contributed by atoms with Gasteiger partial charge in [0.2, 0.25) is 5.89 Å². The molecule has 0 spiro atoms. The highest BCUT2D eigenvalue weighted by Crippen LogP contribution is 2.14. The zero-order valence-corrected chi connectivity index (χ0v) is 13.5. The molecule has 0 bridgehead atoms. The van der Waals surface area contributed by atoms with Crippen LogP contribution in [-0.2, 0) is 12.8 Å². The molecule has 4 nitrogen and oxygen atoms in total. The standard InChI is InChI=1S/C15H20BrN3O/c1-3-7-17-11(2)8-15-18-14(19-20-15)10-12-5-4-6-13(16)9-12/h4-6,9,11,17H,3,7-8,10H2,1-2H3. The molecule has 0 aliphatic heterocycles. The third kappa shape index (κ3) is 4.72. The van der Waals surface area contributed by atoms with Gasteiger partial charge in [0.1, 0.15) is 0 Å². The van der Waals surface area contributed by atoms with Gasteiger partial charge in [-0.2, -0.15) is 4.98 Å². The maximum Gasteiger partial charge on any atom is 0.228 e. The van der Waals surface area contributed by atoms with E-state index in [0.29, 0.717) is 18.4 Å². The summed E-state index contributed by atoms with van der Waals surface area (Å²) in [4.78, 5) is 4.45. The van der Waals surface area contributed by atoms with E-state index in [4.69, 9.17) is 4.52 Å². The predicted octanol–water partition coefficient (Wildman–Crippen LogP) is 3.35. The summed E-state index contributed by atoms with van der Waals surface area (Å²) in [7, 11) is 0. The van der Waals surface area contributed by atoms with E-state index in [1.807, 2.05) is 12.1 Å². The van der Waals surface area contributed by atoms with Crippen LogP contribution in [0.1, 0.15) is 37.5 Å². The Morgan fingerprint density at radius 1 is 1.40 bits per heavy atom. The normalized spacial score (nSPS) is 12.6. The Bertz CT molecular complexity index is 541. The first kappa shape index (κ1) is 15.2. The van der Waals surface area contributed by atoms with Crippen molar-refractivity contribution in [3.63, 3.8) is 0 Å². The first-order chi connectivity index (χ1) is 9.67. The van der Waals surface area contributed by atoms with E-state index in [-0.39, 0.29) is 0 Å². The molecule has 0 fully saturated rings. The van der Waals surface area contributed by atoms with Crippen LogP contribution in [0.4, 0.5) is 0 Å². The lowest BCUT2D eigenvalue weighted by Crippen LogP contribution is -2.28. The van der Waals surface area contributed by atoms with Crippen molar-refractivity contribution in [1.82, 2.24) is 15.5 Å². The van der Waals surface area contributed by atoms with Gasteiger partial charge in [0.05, 0.1) is 0 Å². The fourth-order valence-corrected chi connectivity index (χ4v) is 2.45. The smallest absolute Gasteiger partial charge is 0.228 e. The van der Waals surface area contributed by atoms with Crippen LogP contribution in [0.25, 0.3) is 0 Å². The van der Waals surface area contributed by atoms with Crippen molar-refractivity contribution in [3.05, 3.63) is 46.0 Å². The molecule has 1 N–H and O–H groups in total. The predicted molar refractivity (Wildman–Crippen MR) is 82.7 cm³/mol. The Morgan fingerprint density at radius 3 is 3.00 bits per heavy atom. The minimum Gasteiger partial charge on any atom is -0.339 e. The van der Waals surface area contributed by atoms with Gasteiger partial charge in [0.25, 0.3) is 0 Å². The monoisotopic (exact) mass is 337 g/mol. The van der Waals surface area contributed by atoms with Gasteiger partial charge in [-0.1, -0.05) is 40.1 Å². The summed E-state index contributed by atoms with van der Waals surface area (Å²) in [5, 5.41) is 7.46. The Balaban J connectivity index is 1.92. The minimum atomic E-state index is 0.356. The van der Waals surface area contributed by atoms with E-state index < -0.39 is 0 Å². The molecular weight excluding hydrogens is 318 g/mol. The number of benzene rings is 1. The second-order valence-corrected chi connectivity index (χ2v) is 5.89. The molecule has 0 aliphatic rings. The van der Waals surface area contributed by atoms with Crippen molar-refractivity contribution in [2.45, 2.75) is 39.2 Å². The zero-order chi connectivity index (χ0) is 14.4. The van der Waals surface area contributed by atoms with E-state index in [9.17, 15) is 0 Å². The van der Waals surface area contributed by atoms with Crippen LogP contribution in [0.2, 0.25) is 0 Å². The second kappa shape index (κ2) is 7.55. The summed E-state index contributed by atoms with van der Waals surface area (Å²) in [6.07, 6.45) is 2.59. The van der Waals surface area contributed by atoms with E-state index in [2.05, 4.69) is 57.4 Å². The van der Waals surface area contributed by atoms with Crippen LogP contribution in [0.15, 0.2) is 33.3 Å². The second-order valence-electron chi connectivity index (χ2n) is 4.97. The number of rotatable bonds is 7. The van der Waals surface area contributed by atoms with Gasteiger partial charge in [0, 0.05) is 23.4 Å².